The topological polar surface area (TPSA) is 40.6 Å². The van der Waals surface area contributed by atoms with Gasteiger partial charge in [-0.3, -0.25) is 4.31 Å². The molecule has 0 unspecified atom stereocenters. The van der Waals surface area contributed by atoms with Gasteiger partial charge in [-0.2, -0.15) is 12.7 Å². The molecule has 18 heavy (non-hydrogen) atoms. The van der Waals surface area contributed by atoms with Crippen LogP contribution < -0.4 is 4.31 Å². The van der Waals surface area contributed by atoms with Crippen LogP contribution in [0.5, 0.6) is 0 Å². The van der Waals surface area contributed by atoms with Crippen LogP contribution in [0.3, 0.4) is 0 Å². The average molecular weight is 268 g/mol. The van der Waals surface area contributed by atoms with Gasteiger partial charge in [-0.15, -0.1) is 0 Å². The molecular formula is C13H20N2O2S. The van der Waals surface area contributed by atoms with Gasteiger partial charge in [0.15, 0.2) is 0 Å². The first kappa shape index (κ1) is 13.4. The Labute approximate surface area is 109 Å². The van der Waals surface area contributed by atoms with Crippen LogP contribution in [-0.2, 0) is 15.6 Å². The number of hydrogen-bond donors (Lipinski definition) is 0. The van der Waals surface area contributed by atoms with Crippen molar-refractivity contribution in [3.05, 3.63) is 29.8 Å². The lowest BCUT2D eigenvalue weighted by Crippen LogP contribution is -2.32. The minimum atomic E-state index is -3.33. The molecule has 1 fully saturated rings. The van der Waals surface area contributed by atoms with E-state index in [0.717, 1.165) is 11.3 Å². The molecule has 0 bridgehead atoms. The van der Waals surface area contributed by atoms with E-state index >= 15 is 0 Å². The van der Waals surface area contributed by atoms with Gasteiger partial charge in [-0.1, -0.05) is 39.0 Å². The fraction of sp³-hybridized carbons (Fsp3) is 0.538. The lowest BCUT2D eigenvalue weighted by molar-refractivity contribution is 0.511. The molecule has 0 saturated carbocycles. The summed E-state index contributed by atoms with van der Waals surface area (Å²) in [7, 11) is -1.71. The van der Waals surface area contributed by atoms with Crippen LogP contribution in [0.1, 0.15) is 26.3 Å². The fourth-order valence-corrected chi connectivity index (χ4v) is 3.57. The molecule has 0 spiro atoms. The van der Waals surface area contributed by atoms with Crippen molar-refractivity contribution in [2.75, 3.05) is 24.4 Å². The van der Waals surface area contributed by atoms with E-state index < -0.39 is 10.2 Å². The highest BCUT2D eigenvalue weighted by Crippen LogP contribution is 2.34. The molecule has 5 heteroatoms. The minimum Gasteiger partial charge on any atom is -0.256 e. The lowest BCUT2D eigenvalue weighted by atomic mass is 9.86. The summed E-state index contributed by atoms with van der Waals surface area (Å²) in [5.41, 5.74) is 1.78. The van der Waals surface area contributed by atoms with Crippen LogP contribution in [0.25, 0.3) is 0 Å². The van der Waals surface area contributed by atoms with Gasteiger partial charge in [0.25, 0.3) is 0 Å². The predicted octanol–water partition coefficient (Wildman–Crippen LogP) is 1.98. The van der Waals surface area contributed by atoms with Crippen molar-refractivity contribution in [2.24, 2.45) is 0 Å². The Morgan fingerprint density at radius 2 is 1.72 bits per heavy atom. The van der Waals surface area contributed by atoms with E-state index in [1.165, 1.54) is 8.61 Å². The fourth-order valence-electron chi connectivity index (χ4n) is 2.20. The highest BCUT2D eigenvalue weighted by Gasteiger charge is 2.36. The summed E-state index contributed by atoms with van der Waals surface area (Å²) in [5, 5.41) is 0. The molecule has 0 radical (unpaired) electrons. The lowest BCUT2D eigenvalue weighted by Gasteiger charge is -2.27. The molecule has 4 nitrogen and oxygen atoms in total. The van der Waals surface area contributed by atoms with Crippen molar-refractivity contribution >= 4 is 15.9 Å². The van der Waals surface area contributed by atoms with Gasteiger partial charge in [0.2, 0.25) is 0 Å². The molecule has 0 atom stereocenters. The van der Waals surface area contributed by atoms with Crippen LogP contribution in [0.15, 0.2) is 24.3 Å². The first-order chi connectivity index (χ1) is 8.24. The molecule has 1 aromatic carbocycles. The standard InChI is InChI=1S/C13H20N2O2S/c1-13(2,3)11-7-5-6-8-12(11)15-10-9-14(4)18(15,16)17/h5-8H,9-10H2,1-4H3. The number of benzene rings is 1. The van der Waals surface area contributed by atoms with Crippen LogP contribution >= 0.6 is 0 Å². The molecule has 1 aliphatic heterocycles. The monoisotopic (exact) mass is 268 g/mol. The molecule has 1 aliphatic rings. The number of nitrogens with zero attached hydrogens (tertiary/aromatic N) is 2. The van der Waals surface area contributed by atoms with E-state index in [-0.39, 0.29) is 5.41 Å². The SMILES string of the molecule is CN1CCN(c2ccccc2C(C)(C)C)S1(=O)=O. The Morgan fingerprint density at radius 1 is 1.11 bits per heavy atom. The smallest absolute Gasteiger partial charge is 0.256 e. The van der Waals surface area contributed by atoms with Crippen LogP contribution in [0.4, 0.5) is 5.69 Å². The zero-order valence-electron chi connectivity index (χ0n) is 11.3. The van der Waals surface area contributed by atoms with E-state index in [1.54, 1.807) is 7.05 Å². The molecule has 100 valence electrons. The van der Waals surface area contributed by atoms with Crippen LogP contribution in [0, 0.1) is 0 Å². The molecule has 1 heterocycles. The zero-order valence-corrected chi connectivity index (χ0v) is 12.2. The minimum absolute atomic E-state index is 0.0761. The van der Waals surface area contributed by atoms with Gasteiger partial charge in [-0.05, 0) is 17.0 Å². The van der Waals surface area contributed by atoms with Crippen molar-refractivity contribution in [2.45, 2.75) is 26.2 Å². The number of para-hydroxylation sites is 1. The van der Waals surface area contributed by atoms with Crippen LogP contribution in [0.2, 0.25) is 0 Å². The maximum Gasteiger partial charge on any atom is 0.303 e. The molecule has 0 aromatic heterocycles. The van der Waals surface area contributed by atoms with E-state index in [2.05, 4.69) is 20.8 Å². The van der Waals surface area contributed by atoms with Gasteiger partial charge in [0.05, 0.1) is 5.69 Å². The number of anilines is 1. The highest BCUT2D eigenvalue weighted by atomic mass is 32.2. The van der Waals surface area contributed by atoms with Crippen molar-refractivity contribution in [1.29, 1.82) is 0 Å². The second kappa shape index (κ2) is 4.24. The summed E-state index contributed by atoms with van der Waals surface area (Å²) < 4.78 is 27.4. The third-order valence-corrected chi connectivity index (χ3v) is 5.18. The van der Waals surface area contributed by atoms with Gasteiger partial charge < -0.3 is 0 Å². The summed E-state index contributed by atoms with van der Waals surface area (Å²) in [6, 6.07) is 7.73. The average Bonchev–Trinajstić information content (AvgIpc) is 2.53. The van der Waals surface area contributed by atoms with Crippen molar-refractivity contribution < 1.29 is 8.42 Å². The molecule has 0 amide bonds. The van der Waals surface area contributed by atoms with Crippen molar-refractivity contribution in [1.82, 2.24) is 4.31 Å². The molecule has 2 rings (SSSR count). The molecule has 1 aromatic rings. The van der Waals surface area contributed by atoms with Gasteiger partial charge in [-0.25, -0.2) is 0 Å². The van der Waals surface area contributed by atoms with E-state index in [1.807, 2.05) is 24.3 Å². The molecule has 0 aliphatic carbocycles. The van der Waals surface area contributed by atoms with E-state index in [4.69, 9.17) is 0 Å². The Balaban J connectivity index is 2.54. The largest absolute Gasteiger partial charge is 0.303 e. The normalized spacial score (nSPS) is 20.3. The Morgan fingerprint density at radius 3 is 2.22 bits per heavy atom. The summed E-state index contributed by atoms with van der Waals surface area (Å²) in [6.45, 7) is 7.35. The van der Waals surface area contributed by atoms with Crippen molar-refractivity contribution in [3.63, 3.8) is 0 Å². The third-order valence-electron chi connectivity index (χ3n) is 3.27. The first-order valence-corrected chi connectivity index (χ1v) is 7.48. The summed E-state index contributed by atoms with van der Waals surface area (Å²) >= 11 is 0. The summed E-state index contributed by atoms with van der Waals surface area (Å²) in [4.78, 5) is 0. The predicted molar refractivity (Wildman–Crippen MR) is 74.0 cm³/mol. The maximum atomic E-state index is 12.2. The van der Waals surface area contributed by atoms with Crippen molar-refractivity contribution in [3.8, 4) is 0 Å². The Kier molecular flexibility index (Phi) is 3.15. The van der Waals surface area contributed by atoms with Crippen LogP contribution in [-0.4, -0.2) is 32.9 Å². The highest BCUT2D eigenvalue weighted by molar-refractivity contribution is 7.90. The van der Waals surface area contributed by atoms with Gasteiger partial charge >= 0.3 is 10.2 Å². The third kappa shape index (κ3) is 2.12. The molecule has 1 saturated heterocycles. The summed E-state index contributed by atoms with van der Waals surface area (Å²) in [6.07, 6.45) is 0. The Bertz CT molecular complexity index is 546. The zero-order chi connectivity index (χ0) is 13.6. The molecule has 0 N–H and O–H groups in total. The van der Waals surface area contributed by atoms with Gasteiger partial charge in [0, 0.05) is 20.1 Å². The second-order valence-electron chi connectivity index (χ2n) is 5.67. The number of hydrogen-bond acceptors (Lipinski definition) is 2. The summed E-state index contributed by atoms with van der Waals surface area (Å²) in [5.74, 6) is 0. The quantitative estimate of drug-likeness (QED) is 0.781. The maximum absolute atomic E-state index is 12.2. The van der Waals surface area contributed by atoms with Gasteiger partial charge in [0.1, 0.15) is 0 Å². The number of likely N-dealkylation sites (N-methyl/N-ethyl adjacent to an activating group) is 1. The first-order valence-electron chi connectivity index (χ1n) is 6.08. The van der Waals surface area contributed by atoms with E-state index in [0.29, 0.717) is 13.1 Å². The van der Waals surface area contributed by atoms with E-state index in [9.17, 15) is 8.42 Å². The second-order valence-corrected chi connectivity index (χ2v) is 7.63. The number of rotatable bonds is 1. The Hall–Kier alpha value is -1.07. The molecular weight excluding hydrogens is 248 g/mol.